The highest BCUT2D eigenvalue weighted by molar-refractivity contribution is 5.90. The van der Waals surface area contributed by atoms with Gasteiger partial charge in [0.1, 0.15) is 0 Å². The molecule has 0 aromatic carbocycles. The molecule has 1 rings (SSSR count). The molecule has 0 spiro atoms. The van der Waals surface area contributed by atoms with E-state index in [0.29, 0.717) is 18.0 Å². The number of amides is 1. The molecule has 1 amide bonds. The monoisotopic (exact) mass is 226 g/mol. The van der Waals surface area contributed by atoms with Gasteiger partial charge in [0.15, 0.2) is 5.89 Å². The Bertz CT molecular complexity index is 286. The summed E-state index contributed by atoms with van der Waals surface area (Å²) in [6.45, 7) is 3.60. The molecule has 2 N–H and O–H groups in total. The second-order valence-electron chi connectivity index (χ2n) is 2.24. The minimum atomic E-state index is -0.560. The van der Waals surface area contributed by atoms with Crippen LogP contribution < -0.4 is 5.73 Å². The van der Waals surface area contributed by atoms with Gasteiger partial charge >= 0.3 is 0 Å². The number of nitrogens with two attached hydrogens (primary N) is 1. The highest BCUT2D eigenvalue weighted by Gasteiger charge is 2.12. The average molecular weight is 227 g/mol. The second kappa shape index (κ2) is 5.83. The number of hydrogen-bond donors (Lipinski definition) is 1. The molecule has 6 heteroatoms. The van der Waals surface area contributed by atoms with E-state index in [1.807, 2.05) is 6.92 Å². The van der Waals surface area contributed by atoms with Crippen molar-refractivity contribution in [3.05, 3.63) is 17.3 Å². The van der Waals surface area contributed by atoms with Crippen molar-refractivity contribution in [1.29, 1.82) is 0 Å². The maximum absolute atomic E-state index is 10.6. The number of carbonyl (C=O) groups is 1. The molecule has 0 unspecified atom stereocenters. The first-order valence-corrected chi connectivity index (χ1v) is 3.41. The molecule has 0 aliphatic heterocycles. The molecule has 0 bridgehead atoms. The van der Waals surface area contributed by atoms with Gasteiger partial charge in [0.25, 0.3) is 5.91 Å². The van der Waals surface area contributed by atoms with Gasteiger partial charge in [0.05, 0.1) is 5.69 Å². The molecule has 4 nitrogen and oxygen atoms in total. The first-order chi connectivity index (χ1) is 5.15. The fourth-order valence-electron chi connectivity index (χ4n) is 0.832. The van der Waals surface area contributed by atoms with Gasteiger partial charge in [-0.05, 0) is 6.92 Å². The summed E-state index contributed by atoms with van der Waals surface area (Å²) in [5.74, 6) is 0.160. The van der Waals surface area contributed by atoms with Gasteiger partial charge in [0.2, 0.25) is 5.76 Å². The van der Waals surface area contributed by atoms with E-state index >= 15 is 0 Å². The van der Waals surface area contributed by atoms with Crippen molar-refractivity contribution in [2.24, 2.45) is 5.73 Å². The van der Waals surface area contributed by atoms with Gasteiger partial charge in [-0.2, -0.15) is 0 Å². The summed E-state index contributed by atoms with van der Waals surface area (Å²) in [5.41, 5.74) is 5.57. The van der Waals surface area contributed by atoms with Crippen LogP contribution in [0.25, 0.3) is 0 Å². The number of carbonyl (C=O) groups excluding carboxylic acids is 1. The summed E-state index contributed by atoms with van der Waals surface area (Å²) < 4.78 is 5.04. The highest BCUT2D eigenvalue weighted by atomic mass is 35.5. The highest BCUT2D eigenvalue weighted by Crippen LogP contribution is 2.08. The number of aromatic nitrogens is 1. The van der Waals surface area contributed by atoms with Crippen molar-refractivity contribution in [3.8, 4) is 0 Å². The molecule has 0 aliphatic rings. The van der Waals surface area contributed by atoms with E-state index in [0.717, 1.165) is 0 Å². The quantitative estimate of drug-likeness (QED) is 0.831. The lowest BCUT2D eigenvalue weighted by atomic mass is 10.4. The zero-order chi connectivity index (χ0) is 8.43. The minimum absolute atomic E-state index is 0. The van der Waals surface area contributed by atoms with E-state index in [4.69, 9.17) is 10.2 Å². The summed E-state index contributed by atoms with van der Waals surface area (Å²) in [6.07, 6.45) is 0.675. The van der Waals surface area contributed by atoms with Crippen LogP contribution in [0.15, 0.2) is 4.42 Å². The van der Waals surface area contributed by atoms with Crippen LogP contribution in [0.5, 0.6) is 0 Å². The smallest absolute Gasteiger partial charge is 0.286 e. The second-order valence-corrected chi connectivity index (χ2v) is 2.24. The molecule has 76 valence electrons. The van der Waals surface area contributed by atoms with Gasteiger partial charge in [-0.3, -0.25) is 4.79 Å². The topological polar surface area (TPSA) is 69.1 Å². The van der Waals surface area contributed by atoms with Crippen LogP contribution in [0.4, 0.5) is 0 Å². The number of nitrogens with zero attached hydrogens (tertiary/aromatic N) is 1. The number of halogens is 2. The Morgan fingerprint density at radius 2 is 2.08 bits per heavy atom. The third-order valence-corrected chi connectivity index (χ3v) is 1.37. The predicted molar refractivity (Wildman–Crippen MR) is 53.6 cm³/mol. The first-order valence-electron chi connectivity index (χ1n) is 3.41. The van der Waals surface area contributed by atoms with Crippen molar-refractivity contribution < 1.29 is 9.21 Å². The minimum Gasteiger partial charge on any atom is -0.435 e. The first kappa shape index (κ1) is 14.8. The Morgan fingerprint density at radius 1 is 1.54 bits per heavy atom. The Hall–Kier alpha value is -0.740. The molecular weight excluding hydrogens is 215 g/mol. The SMILES string of the molecule is CCc1nc(C)c(C(N)=O)o1.Cl.Cl. The van der Waals surface area contributed by atoms with Crippen LogP contribution in [-0.4, -0.2) is 10.9 Å². The zero-order valence-corrected chi connectivity index (χ0v) is 9.00. The van der Waals surface area contributed by atoms with Crippen molar-refractivity contribution in [2.75, 3.05) is 0 Å². The largest absolute Gasteiger partial charge is 0.435 e. The predicted octanol–water partition coefficient (Wildman–Crippen LogP) is 1.49. The van der Waals surface area contributed by atoms with Gasteiger partial charge in [-0.1, -0.05) is 6.92 Å². The van der Waals surface area contributed by atoms with E-state index in [9.17, 15) is 4.79 Å². The number of oxazole rings is 1. The van der Waals surface area contributed by atoms with Crippen LogP contribution in [-0.2, 0) is 6.42 Å². The Balaban J connectivity index is 0. The Morgan fingerprint density at radius 3 is 2.31 bits per heavy atom. The average Bonchev–Trinajstić information content (AvgIpc) is 2.30. The van der Waals surface area contributed by atoms with Crippen molar-refractivity contribution in [3.63, 3.8) is 0 Å². The van der Waals surface area contributed by atoms with Gasteiger partial charge in [-0.25, -0.2) is 4.98 Å². The molecule has 0 aliphatic carbocycles. The standard InChI is InChI=1S/C7H10N2O2.2ClH/c1-3-5-9-4(2)6(11-5)7(8)10;;/h3H2,1-2H3,(H2,8,10);2*1H. The van der Waals surface area contributed by atoms with Gasteiger partial charge < -0.3 is 10.2 Å². The van der Waals surface area contributed by atoms with E-state index < -0.39 is 5.91 Å². The lowest BCUT2D eigenvalue weighted by Gasteiger charge is -1.86. The normalized spacial score (nSPS) is 8.46. The molecule has 1 aromatic heterocycles. The Labute approximate surface area is 88.7 Å². The van der Waals surface area contributed by atoms with E-state index in [2.05, 4.69) is 4.98 Å². The summed E-state index contributed by atoms with van der Waals surface area (Å²) in [7, 11) is 0. The lowest BCUT2D eigenvalue weighted by molar-refractivity contribution is 0.0971. The molecule has 0 atom stereocenters. The van der Waals surface area contributed by atoms with Crippen molar-refractivity contribution in [1.82, 2.24) is 4.98 Å². The van der Waals surface area contributed by atoms with Crippen LogP contribution in [0.1, 0.15) is 29.1 Å². The molecule has 1 heterocycles. The summed E-state index contributed by atoms with van der Waals surface area (Å²) >= 11 is 0. The fraction of sp³-hybridized carbons (Fsp3) is 0.429. The van der Waals surface area contributed by atoms with Crippen LogP contribution >= 0.6 is 24.8 Å². The third-order valence-electron chi connectivity index (χ3n) is 1.37. The molecule has 0 fully saturated rings. The van der Waals surface area contributed by atoms with Crippen LogP contribution in [0.3, 0.4) is 0 Å². The van der Waals surface area contributed by atoms with Gasteiger partial charge in [-0.15, -0.1) is 24.8 Å². The molecule has 1 aromatic rings. The fourth-order valence-corrected chi connectivity index (χ4v) is 0.832. The van der Waals surface area contributed by atoms with Gasteiger partial charge in [0, 0.05) is 6.42 Å². The molecule has 0 saturated heterocycles. The van der Waals surface area contributed by atoms with Crippen molar-refractivity contribution in [2.45, 2.75) is 20.3 Å². The number of rotatable bonds is 2. The summed E-state index contributed by atoms with van der Waals surface area (Å²) in [5, 5.41) is 0. The summed E-state index contributed by atoms with van der Waals surface area (Å²) in [6, 6.07) is 0. The number of hydrogen-bond acceptors (Lipinski definition) is 3. The summed E-state index contributed by atoms with van der Waals surface area (Å²) in [4.78, 5) is 14.6. The van der Waals surface area contributed by atoms with Crippen LogP contribution in [0, 0.1) is 6.92 Å². The zero-order valence-electron chi connectivity index (χ0n) is 7.36. The van der Waals surface area contributed by atoms with Crippen LogP contribution in [0.2, 0.25) is 0 Å². The van der Waals surface area contributed by atoms with E-state index in [1.54, 1.807) is 6.92 Å². The maximum atomic E-state index is 10.6. The van der Waals surface area contributed by atoms with E-state index in [1.165, 1.54) is 0 Å². The van der Waals surface area contributed by atoms with E-state index in [-0.39, 0.29) is 30.6 Å². The molecule has 13 heavy (non-hydrogen) atoms. The molecule has 0 radical (unpaired) electrons. The Kier molecular flexibility index (Phi) is 6.62. The number of aryl methyl sites for hydroxylation is 2. The third kappa shape index (κ3) is 3.24. The lowest BCUT2D eigenvalue weighted by Crippen LogP contribution is -2.10. The maximum Gasteiger partial charge on any atom is 0.286 e. The molecule has 0 saturated carbocycles. The number of primary amides is 1. The molecular formula is C7H12Cl2N2O2. The van der Waals surface area contributed by atoms with Crippen molar-refractivity contribution >= 4 is 30.7 Å².